The Hall–Kier alpha value is -3.47. The topological polar surface area (TPSA) is 132 Å². The maximum absolute atomic E-state index is 12.9. The number of hydrogen-bond acceptors (Lipinski definition) is 7. The molecule has 0 spiro atoms. The van der Waals surface area contributed by atoms with E-state index in [2.05, 4.69) is 14.8 Å². The highest BCUT2D eigenvalue weighted by atomic mass is 32.2. The van der Waals surface area contributed by atoms with Crippen molar-refractivity contribution in [2.75, 3.05) is 29.9 Å². The average Bonchev–Trinajstić information content (AvgIpc) is 3.23. The highest BCUT2D eigenvalue weighted by Crippen LogP contribution is 2.35. The number of esters is 1. The zero-order valence-corrected chi connectivity index (χ0v) is 18.9. The summed E-state index contributed by atoms with van der Waals surface area (Å²) in [4.78, 5) is 31.6. The first-order valence-corrected chi connectivity index (χ1v) is 11.8. The number of fused-ring (bicyclic) bond motifs is 2. The van der Waals surface area contributed by atoms with Crippen molar-refractivity contribution in [1.82, 2.24) is 19.5 Å². The molecule has 0 radical (unpaired) electrons. The first-order chi connectivity index (χ1) is 15.3. The molecule has 1 aromatic carbocycles. The van der Waals surface area contributed by atoms with Gasteiger partial charge in [0, 0.05) is 31.1 Å². The van der Waals surface area contributed by atoms with E-state index >= 15 is 0 Å². The third kappa shape index (κ3) is 3.79. The lowest BCUT2D eigenvalue weighted by molar-refractivity contribution is 0.0529. The summed E-state index contributed by atoms with van der Waals surface area (Å²) in [5, 5.41) is 4.13. The van der Waals surface area contributed by atoms with Crippen LogP contribution in [0.15, 0.2) is 24.4 Å². The number of nitrogens with zero attached hydrogens (tertiary/aromatic N) is 4. The van der Waals surface area contributed by atoms with E-state index in [9.17, 15) is 13.8 Å². The van der Waals surface area contributed by atoms with E-state index in [1.807, 2.05) is 13.0 Å². The second-order valence-electron chi connectivity index (χ2n) is 7.40. The molecule has 10 nitrogen and oxygen atoms in total. The minimum absolute atomic E-state index is 0.0339. The molecule has 1 amide bonds. The third-order valence-electron chi connectivity index (χ3n) is 5.12. The van der Waals surface area contributed by atoms with Gasteiger partial charge >= 0.3 is 5.97 Å². The van der Waals surface area contributed by atoms with Gasteiger partial charge in [0.1, 0.15) is 16.5 Å². The molecule has 1 aliphatic heterocycles. The van der Waals surface area contributed by atoms with Crippen LogP contribution < -0.4 is 10.5 Å². The van der Waals surface area contributed by atoms with E-state index < -0.39 is 17.0 Å². The number of anilines is 2. The van der Waals surface area contributed by atoms with E-state index in [-0.39, 0.29) is 29.5 Å². The molecule has 168 valence electrons. The highest BCUT2D eigenvalue weighted by molar-refractivity contribution is 7.85. The van der Waals surface area contributed by atoms with E-state index in [1.54, 1.807) is 30.2 Å². The molecule has 3 aromatic rings. The number of ether oxygens (including phenoxy) is 1. The number of rotatable bonds is 7. The molecule has 0 bridgehead atoms. The summed E-state index contributed by atoms with van der Waals surface area (Å²) in [7, 11) is -1.37. The molecule has 0 saturated heterocycles. The lowest BCUT2D eigenvalue weighted by atomic mass is 10.0. The van der Waals surface area contributed by atoms with Gasteiger partial charge in [-0.1, -0.05) is 6.92 Å². The number of nitrogen functional groups attached to an aromatic ring is 1. The van der Waals surface area contributed by atoms with Crippen LogP contribution >= 0.6 is 0 Å². The number of carbonyl (C=O) groups excluding carboxylic acids is 2. The quantitative estimate of drug-likeness (QED) is 0.521. The second kappa shape index (κ2) is 8.58. The Kier molecular flexibility index (Phi) is 5.83. The summed E-state index contributed by atoms with van der Waals surface area (Å²) in [6.07, 6.45) is 4.00. The van der Waals surface area contributed by atoms with E-state index in [0.29, 0.717) is 35.6 Å². The van der Waals surface area contributed by atoms with Crippen LogP contribution in [0.1, 0.15) is 46.5 Å². The van der Waals surface area contributed by atoms with Crippen molar-refractivity contribution < 1.29 is 18.5 Å². The molecule has 4 rings (SSSR count). The van der Waals surface area contributed by atoms with Crippen LogP contribution in [-0.2, 0) is 22.3 Å². The fraction of sp³-hybridized carbons (Fsp3) is 0.333. The molecule has 0 fully saturated rings. The van der Waals surface area contributed by atoms with Crippen LogP contribution in [0.2, 0.25) is 0 Å². The summed E-state index contributed by atoms with van der Waals surface area (Å²) < 4.78 is 21.3. The van der Waals surface area contributed by atoms with Gasteiger partial charge in [-0.2, -0.15) is 0 Å². The van der Waals surface area contributed by atoms with Crippen LogP contribution in [0.4, 0.5) is 11.5 Å². The normalized spacial score (nSPS) is 14.0. The predicted molar refractivity (Wildman–Crippen MR) is 122 cm³/mol. The van der Waals surface area contributed by atoms with Gasteiger partial charge in [-0.05, 0) is 37.1 Å². The van der Waals surface area contributed by atoms with Crippen molar-refractivity contribution in [3.05, 3.63) is 41.1 Å². The molecule has 1 unspecified atom stereocenters. The average molecular weight is 457 g/mol. The van der Waals surface area contributed by atoms with Gasteiger partial charge in [0.25, 0.3) is 5.91 Å². The zero-order chi connectivity index (χ0) is 23.0. The van der Waals surface area contributed by atoms with Crippen molar-refractivity contribution >= 4 is 40.0 Å². The monoisotopic (exact) mass is 456 g/mol. The van der Waals surface area contributed by atoms with Crippen LogP contribution in [0.25, 0.3) is 16.9 Å². The second-order valence-corrected chi connectivity index (χ2v) is 8.51. The van der Waals surface area contributed by atoms with E-state index in [1.165, 1.54) is 10.8 Å². The van der Waals surface area contributed by atoms with Gasteiger partial charge in [0.2, 0.25) is 0 Å². The largest absolute Gasteiger partial charge is 0.462 e. The Morgan fingerprint density at radius 2 is 2.12 bits per heavy atom. The number of benzene rings is 1. The van der Waals surface area contributed by atoms with Gasteiger partial charge in [-0.25, -0.2) is 18.5 Å². The van der Waals surface area contributed by atoms with Crippen LogP contribution in [0.3, 0.4) is 0 Å². The maximum atomic E-state index is 12.9. The molecule has 11 heteroatoms. The van der Waals surface area contributed by atoms with Crippen molar-refractivity contribution in [3.63, 3.8) is 0 Å². The lowest BCUT2D eigenvalue weighted by Crippen LogP contribution is -2.24. The molecule has 0 aliphatic carbocycles. The maximum Gasteiger partial charge on any atom is 0.345 e. The van der Waals surface area contributed by atoms with Gasteiger partial charge in [-0.15, -0.1) is 5.10 Å². The minimum atomic E-state index is -1.37. The summed E-state index contributed by atoms with van der Waals surface area (Å²) in [5.74, 6) is -0.646. The number of nitrogens with two attached hydrogens (primary N) is 1. The first-order valence-electron chi connectivity index (χ1n) is 10.2. The number of nitrogens with one attached hydrogen (secondary N) is 1. The van der Waals surface area contributed by atoms with Crippen molar-refractivity contribution in [1.29, 1.82) is 0 Å². The zero-order valence-electron chi connectivity index (χ0n) is 18.0. The SMILES string of the molecule is CCCN1Cc2cc(-c3ccn4nc(N)c(C(=O)OCC)c4n3)cc(NS(C)=O)c2C1=O. The smallest absolute Gasteiger partial charge is 0.345 e. The molecular weight excluding hydrogens is 432 g/mol. The number of hydrogen-bond donors (Lipinski definition) is 2. The fourth-order valence-corrected chi connectivity index (χ4v) is 4.33. The number of aromatic nitrogens is 3. The van der Waals surface area contributed by atoms with Gasteiger partial charge in [0.15, 0.2) is 11.5 Å². The predicted octanol–water partition coefficient (Wildman–Crippen LogP) is 2.23. The molecule has 1 aliphatic rings. The summed E-state index contributed by atoms with van der Waals surface area (Å²) in [6, 6.07) is 5.38. The molecule has 3 heterocycles. The fourth-order valence-electron chi connectivity index (χ4n) is 3.85. The van der Waals surface area contributed by atoms with Gasteiger partial charge in [-0.3, -0.25) is 4.79 Å². The van der Waals surface area contributed by atoms with Crippen molar-refractivity contribution in [3.8, 4) is 11.3 Å². The highest BCUT2D eigenvalue weighted by Gasteiger charge is 2.31. The van der Waals surface area contributed by atoms with E-state index in [0.717, 1.165) is 12.0 Å². The summed E-state index contributed by atoms with van der Waals surface area (Å²) >= 11 is 0. The minimum Gasteiger partial charge on any atom is -0.462 e. The standard InChI is InChI=1S/C21H24N6O4S/c1-4-7-26-11-13-9-12(10-15(25-32(3)30)16(13)20(26)28)14-6-8-27-19(23-14)17(18(22)24-27)21(29)31-5-2/h6,8-10,25H,4-5,7,11H2,1-3H3,(H2,22,24). The Morgan fingerprint density at radius 3 is 2.81 bits per heavy atom. The third-order valence-corrected chi connectivity index (χ3v) is 5.62. The molecule has 3 N–H and O–H groups in total. The lowest BCUT2D eigenvalue weighted by Gasteiger charge is -2.14. The number of amides is 1. The van der Waals surface area contributed by atoms with E-state index in [4.69, 9.17) is 10.5 Å². The molecule has 0 saturated carbocycles. The van der Waals surface area contributed by atoms with Crippen LogP contribution in [0, 0.1) is 0 Å². The first kappa shape index (κ1) is 21.8. The van der Waals surface area contributed by atoms with Gasteiger partial charge < -0.3 is 20.1 Å². The van der Waals surface area contributed by atoms with Crippen LogP contribution in [-0.4, -0.2) is 55.0 Å². The Labute approximate surface area is 187 Å². The number of carbonyl (C=O) groups is 2. The van der Waals surface area contributed by atoms with Crippen LogP contribution in [0.5, 0.6) is 0 Å². The van der Waals surface area contributed by atoms with Crippen molar-refractivity contribution in [2.45, 2.75) is 26.8 Å². The Bertz CT molecular complexity index is 1250. The Balaban J connectivity index is 1.84. The summed E-state index contributed by atoms with van der Waals surface area (Å²) in [5.41, 5.74) is 9.41. The molecule has 32 heavy (non-hydrogen) atoms. The van der Waals surface area contributed by atoms with Crippen molar-refractivity contribution in [2.24, 2.45) is 0 Å². The summed E-state index contributed by atoms with van der Waals surface area (Å²) in [6.45, 7) is 5.03. The molecule has 1 atom stereocenters. The van der Waals surface area contributed by atoms with Gasteiger partial charge in [0.05, 0.1) is 23.6 Å². The Morgan fingerprint density at radius 1 is 1.34 bits per heavy atom. The molecular formula is C21H24N6O4S. The molecule has 2 aromatic heterocycles.